The van der Waals surface area contributed by atoms with Gasteiger partial charge >= 0.3 is 0 Å². The van der Waals surface area contributed by atoms with Gasteiger partial charge in [-0.1, -0.05) is 39.0 Å². The second-order valence-electron chi connectivity index (χ2n) is 5.69. The van der Waals surface area contributed by atoms with Crippen molar-refractivity contribution in [2.24, 2.45) is 0 Å². The van der Waals surface area contributed by atoms with Crippen molar-refractivity contribution in [3.8, 4) is 6.07 Å². The highest BCUT2D eigenvalue weighted by Gasteiger charge is 2.33. The van der Waals surface area contributed by atoms with Gasteiger partial charge < -0.3 is 4.74 Å². The standard InChI is InChI=1S/C15H18N2O2/c1-15(2,3)12-6-4-5-7-13(12)17-11(8-16)9-19-10-14(17)18/h4-7,11H,9-10H2,1-3H3. The average molecular weight is 258 g/mol. The number of amides is 1. The summed E-state index contributed by atoms with van der Waals surface area (Å²) in [6, 6.07) is 9.34. The van der Waals surface area contributed by atoms with Gasteiger partial charge in [0.1, 0.15) is 12.6 Å². The van der Waals surface area contributed by atoms with E-state index in [2.05, 4.69) is 26.8 Å². The van der Waals surface area contributed by atoms with E-state index in [-0.39, 0.29) is 24.5 Å². The summed E-state index contributed by atoms with van der Waals surface area (Å²) in [5, 5.41) is 9.21. The van der Waals surface area contributed by atoms with Crippen LogP contribution >= 0.6 is 0 Å². The molecule has 1 atom stereocenters. The number of para-hydroxylation sites is 1. The molecular weight excluding hydrogens is 240 g/mol. The molecule has 4 nitrogen and oxygen atoms in total. The van der Waals surface area contributed by atoms with E-state index < -0.39 is 6.04 Å². The summed E-state index contributed by atoms with van der Waals surface area (Å²) >= 11 is 0. The Morgan fingerprint density at radius 2 is 2.05 bits per heavy atom. The predicted molar refractivity (Wildman–Crippen MR) is 72.8 cm³/mol. The SMILES string of the molecule is CC(C)(C)c1ccccc1N1C(=O)COCC1C#N. The fraction of sp³-hybridized carbons (Fsp3) is 0.467. The van der Waals surface area contributed by atoms with E-state index in [1.807, 2.05) is 24.3 Å². The van der Waals surface area contributed by atoms with Gasteiger partial charge in [-0.25, -0.2) is 0 Å². The third kappa shape index (κ3) is 2.61. The fourth-order valence-corrected chi connectivity index (χ4v) is 2.29. The minimum Gasteiger partial charge on any atom is -0.368 e. The molecule has 100 valence electrons. The maximum Gasteiger partial charge on any atom is 0.254 e. The van der Waals surface area contributed by atoms with Crippen molar-refractivity contribution in [1.82, 2.24) is 0 Å². The third-order valence-corrected chi connectivity index (χ3v) is 3.20. The highest BCUT2D eigenvalue weighted by molar-refractivity contribution is 5.97. The molecule has 0 N–H and O–H groups in total. The number of nitrogens with zero attached hydrogens (tertiary/aromatic N) is 2. The van der Waals surface area contributed by atoms with Gasteiger partial charge in [0.25, 0.3) is 5.91 Å². The number of morpholine rings is 1. The van der Waals surface area contributed by atoms with Gasteiger partial charge in [-0.2, -0.15) is 5.26 Å². The molecule has 0 aromatic heterocycles. The van der Waals surface area contributed by atoms with Gasteiger partial charge in [-0.15, -0.1) is 0 Å². The van der Waals surface area contributed by atoms with Crippen LogP contribution in [0, 0.1) is 11.3 Å². The van der Waals surface area contributed by atoms with Crippen LogP contribution in [0.5, 0.6) is 0 Å². The summed E-state index contributed by atoms with van der Waals surface area (Å²) in [5.41, 5.74) is 1.79. The normalized spacial score (nSPS) is 20.2. The van der Waals surface area contributed by atoms with Gasteiger partial charge in [0.2, 0.25) is 0 Å². The summed E-state index contributed by atoms with van der Waals surface area (Å²) in [4.78, 5) is 13.7. The lowest BCUT2D eigenvalue weighted by Crippen LogP contribution is -2.49. The Morgan fingerprint density at radius 1 is 1.37 bits per heavy atom. The van der Waals surface area contributed by atoms with Crippen LogP contribution in [-0.4, -0.2) is 25.2 Å². The number of carbonyl (C=O) groups is 1. The van der Waals surface area contributed by atoms with Crippen LogP contribution in [0.4, 0.5) is 5.69 Å². The first-order valence-electron chi connectivity index (χ1n) is 6.34. The van der Waals surface area contributed by atoms with E-state index in [4.69, 9.17) is 4.74 Å². The Morgan fingerprint density at radius 3 is 2.68 bits per heavy atom. The van der Waals surface area contributed by atoms with Crippen LogP contribution in [0.2, 0.25) is 0 Å². The second kappa shape index (κ2) is 5.02. The van der Waals surface area contributed by atoms with Gasteiger partial charge in [0.05, 0.1) is 12.7 Å². The highest BCUT2D eigenvalue weighted by atomic mass is 16.5. The van der Waals surface area contributed by atoms with Crippen LogP contribution < -0.4 is 4.90 Å². The Labute approximate surface area is 113 Å². The van der Waals surface area contributed by atoms with Crippen molar-refractivity contribution in [1.29, 1.82) is 5.26 Å². The Hall–Kier alpha value is -1.86. The summed E-state index contributed by atoms with van der Waals surface area (Å²) in [5.74, 6) is -0.158. The van der Waals surface area contributed by atoms with Crippen molar-refractivity contribution in [3.05, 3.63) is 29.8 Å². The van der Waals surface area contributed by atoms with E-state index in [1.54, 1.807) is 4.90 Å². The quantitative estimate of drug-likeness (QED) is 0.776. The molecular formula is C15H18N2O2. The van der Waals surface area contributed by atoms with Crippen LogP contribution in [-0.2, 0) is 14.9 Å². The van der Waals surface area contributed by atoms with Gasteiger partial charge in [0, 0.05) is 5.69 Å². The monoisotopic (exact) mass is 258 g/mol. The molecule has 1 heterocycles. The molecule has 1 aliphatic heterocycles. The molecule has 1 fully saturated rings. The first-order chi connectivity index (χ1) is 8.95. The van der Waals surface area contributed by atoms with Crippen molar-refractivity contribution in [2.75, 3.05) is 18.1 Å². The smallest absolute Gasteiger partial charge is 0.254 e. The lowest BCUT2D eigenvalue weighted by atomic mass is 9.85. The molecule has 4 heteroatoms. The Bertz CT molecular complexity index is 526. The zero-order valence-corrected chi connectivity index (χ0v) is 11.5. The first kappa shape index (κ1) is 13.6. The number of hydrogen-bond acceptors (Lipinski definition) is 3. The number of rotatable bonds is 1. The number of hydrogen-bond donors (Lipinski definition) is 0. The third-order valence-electron chi connectivity index (χ3n) is 3.20. The van der Waals surface area contributed by atoms with E-state index in [1.165, 1.54) is 0 Å². The molecule has 0 spiro atoms. The largest absolute Gasteiger partial charge is 0.368 e. The number of benzene rings is 1. The molecule has 1 aromatic carbocycles. The van der Waals surface area contributed by atoms with Crippen LogP contribution in [0.1, 0.15) is 26.3 Å². The lowest BCUT2D eigenvalue weighted by molar-refractivity contribution is -0.126. The van der Waals surface area contributed by atoms with Crippen molar-refractivity contribution < 1.29 is 9.53 Å². The topological polar surface area (TPSA) is 53.3 Å². The van der Waals surface area contributed by atoms with Gasteiger partial charge in [0.15, 0.2) is 0 Å². The maximum atomic E-state index is 12.1. The molecule has 0 aliphatic carbocycles. The molecule has 1 saturated heterocycles. The number of carbonyl (C=O) groups excluding carboxylic acids is 1. The van der Waals surface area contributed by atoms with Gasteiger partial charge in [-0.3, -0.25) is 9.69 Å². The molecule has 19 heavy (non-hydrogen) atoms. The maximum absolute atomic E-state index is 12.1. The molecule has 1 aromatic rings. The van der Waals surface area contributed by atoms with Crippen molar-refractivity contribution in [2.45, 2.75) is 32.2 Å². The number of anilines is 1. The summed E-state index contributed by atoms with van der Waals surface area (Å²) in [6.45, 7) is 6.59. The molecule has 2 rings (SSSR count). The highest BCUT2D eigenvalue weighted by Crippen LogP contribution is 2.33. The molecule has 0 radical (unpaired) electrons. The zero-order valence-electron chi connectivity index (χ0n) is 11.5. The van der Waals surface area contributed by atoms with E-state index >= 15 is 0 Å². The summed E-state index contributed by atoms with van der Waals surface area (Å²) in [7, 11) is 0. The fourth-order valence-electron chi connectivity index (χ4n) is 2.29. The van der Waals surface area contributed by atoms with Gasteiger partial charge in [-0.05, 0) is 17.0 Å². The van der Waals surface area contributed by atoms with Crippen LogP contribution in [0.25, 0.3) is 0 Å². The van der Waals surface area contributed by atoms with E-state index in [0.29, 0.717) is 0 Å². The molecule has 1 unspecified atom stereocenters. The number of ether oxygens (including phenoxy) is 1. The molecule has 0 bridgehead atoms. The number of nitriles is 1. The van der Waals surface area contributed by atoms with Crippen LogP contribution in [0.3, 0.4) is 0 Å². The molecule has 1 aliphatic rings. The average Bonchev–Trinajstić information content (AvgIpc) is 2.37. The first-order valence-corrected chi connectivity index (χ1v) is 6.34. The Balaban J connectivity index is 2.51. The Kier molecular flexibility index (Phi) is 3.59. The van der Waals surface area contributed by atoms with E-state index in [9.17, 15) is 10.1 Å². The van der Waals surface area contributed by atoms with Crippen molar-refractivity contribution >= 4 is 11.6 Å². The van der Waals surface area contributed by atoms with Crippen molar-refractivity contribution in [3.63, 3.8) is 0 Å². The lowest BCUT2D eigenvalue weighted by Gasteiger charge is -2.35. The molecule has 0 saturated carbocycles. The summed E-state index contributed by atoms with van der Waals surface area (Å²) < 4.78 is 5.15. The summed E-state index contributed by atoms with van der Waals surface area (Å²) in [6.07, 6.45) is 0. The van der Waals surface area contributed by atoms with Crippen LogP contribution in [0.15, 0.2) is 24.3 Å². The zero-order chi connectivity index (χ0) is 14.0. The second-order valence-corrected chi connectivity index (χ2v) is 5.69. The molecule has 1 amide bonds. The predicted octanol–water partition coefficient (Wildman–Crippen LogP) is 2.24. The minimum absolute atomic E-state index is 0.0384. The van der Waals surface area contributed by atoms with E-state index in [0.717, 1.165) is 11.3 Å². The minimum atomic E-state index is -0.551.